The van der Waals surface area contributed by atoms with Crippen LogP contribution in [0, 0.1) is 17.3 Å². The zero-order chi connectivity index (χ0) is 11.6. The average Bonchev–Trinajstić information content (AvgIpc) is 2.71. The molecule has 2 nitrogen and oxygen atoms in total. The average molecular weight is 221 g/mol. The van der Waals surface area contributed by atoms with Crippen LogP contribution in [0.4, 0.5) is 0 Å². The van der Waals surface area contributed by atoms with E-state index in [9.17, 15) is 0 Å². The van der Waals surface area contributed by atoms with Gasteiger partial charge in [0.2, 0.25) is 0 Å². The van der Waals surface area contributed by atoms with Gasteiger partial charge in [0.15, 0.2) is 0 Å². The second kappa shape index (κ2) is 4.70. The number of ether oxygens (including phenoxy) is 1. The molecule has 0 saturated carbocycles. The lowest BCUT2D eigenvalue weighted by Crippen LogP contribution is -2.37. The van der Waals surface area contributed by atoms with E-state index in [0.717, 1.165) is 25.7 Å². The van der Waals surface area contributed by atoms with E-state index in [1.165, 1.54) is 18.6 Å². The maximum absolute atomic E-state index is 5.47. The van der Waals surface area contributed by atoms with Crippen LogP contribution in [-0.2, 0) is 4.74 Å². The van der Waals surface area contributed by atoms with Gasteiger partial charge in [0.05, 0.1) is 6.54 Å². The van der Waals surface area contributed by atoms with E-state index in [2.05, 4.69) is 37.9 Å². The molecule has 2 aliphatic heterocycles. The summed E-state index contributed by atoms with van der Waals surface area (Å²) in [5.41, 5.74) is 1.62. The molecule has 1 atom stereocenters. The Hall–Kier alpha value is -0.630. The molecular weight excluding hydrogens is 198 g/mol. The number of aliphatic imine (C=N–C) groups is 1. The first-order valence-electron chi connectivity index (χ1n) is 6.37. The molecule has 1 unspecified atom stereocenters. The van der Waals surface area contributed by atoms with Gasteiger partial charge in [0.25, 0.3) is 0 Å². The standard InChI is InChI=1S/C14H23NO/c1-14(2,3)13(12-5-4-8-15-12)11-6-9-16-10-7-11/h4-5,11,13H,6-10H2,1-3H3. The molecule has 16 heavy (non-hydrogen) atoms. The molecule has 1 fully saturated rings. The van der Waals surface area contributed by atoms with Gasteiger partial charge in [-0.3, -0.25) is 4.99 Å². The molecule has 0 amide bonds. The van der Waals surface area contributed by atoms with Crippen molar-refractivity contribution in [3.05, 3.63) is 12.2 Å². The molecule has 0 aromatic rings. The quantitative estimate of drug-likeness (QED) is 0.702. The van der Waals surface area contributed by atoms with Crippen LogP contribution in [0.2, 0.25) is 0 Å². The van der Waals surface area contributed by atoms with Crippen molar-refractivity contribution in [1.29, 1.82) is 0 Å². The van der Waals surface area contributed by atoms with E-state index in [4.69, 9.17) is 4.74 Å². The molecule has 0 N–H and O–H groups in total. The van der Waals surface area contributed by atoms with E-state index in [-0.39, 0.29) is 0 Å². The largest absolute Gasteiger partial charge is 0.381 e. The molecule has 2 aliphatic rings. The van der Waals surface area contributed by atoms with Crippen LogP contribution in [-0.4, -0.2) is 25.5 Å². The first-order valence-corrected chi connectivity index (χ1v) is 6.37. The molecule has 0 bridgehead atoms. The second-order valence-corrected chi connectivity index (χ2v) is 5.96. The number of nitrogens with zero attached hydrogens (tertiary/aromatic N) is 1. The van der Waals surface area contributed by atoms with Gasteiger partial charge in [-0.1, -0.05) is 26.8 Å². The zero-order valence-corrected chi connectivity index (χ0v) is 10.7. The number of allylic oxidation sites excluding steroid dienone is 1. The predicted molar refractivity (Wildman–Crippen MR) is 67.9 cm³/mol. The van der Waals surface area contributed by atoms with Crippen molar-refractivity contribution in [2.45, 2.75) is 33.6 Å². The lowest BCUT2D eigenvalue weighted by Gasteiger charge is -2.38. The van der Waals surface area contributed by atoms with E-state index in [0.29, 0.717) is 11.3 Å². The van der Waals surface area contributed by atoms with E-state index >= 15 is 0 Å². The summed E-state index contributed by atoms with van der Waals surface area (Å²) in [6.45, 7) is 9.74. The van der Waals surface area contributed by atoms with Gasteiger partial charge in [-0.25, -0.2) is 0 Å². The minimum absolute atomic E-state index is 0.301. The molecule has 0 aliphatic carbocycles. The van der Waals surface area contributed by atoms with Gasteiger partial charge in [0.1, 0.15) is 0 Å². The molecule has 2 heteroatoms. The van der Waals surface area contributed by atoms with Crippen LogP contribution in [0.25, 0.3) is 0 Å². The van der Waals surface area contributed by atoms with Gasteiger partial charge >= 0.3 is 0 Å². The highest BCUT2D eigenvalue weighted by atomic mass is 16.5. The molecular formula is C14H23NO. The smallest absolute Gasteiger partial charge is 0.0577 e. The SMILES string of the molecule is CC(C)(C)C(C1=NCC=C1)C1CCOCC1. The summed E-state index contributed by atoms with van der Waals surface area (Å²) in [5.74, 6) is 1.34. The first kappa shape index (κ1) is 11.8. The summed E-state index contributed by atoms with van der Waals surface area (Å²) in [4.78, 5) is 4.64. The Morgan fingerprint density at radius 3 is 2.50 bits per heavy atom. The minimum Gasteiger partial charge on any atom is -0.381 e. The molecule has 90 valence electrons. The summed E-state index contributed by atoms with van der Waals surface area (Å²) < 4.78 is 5.47. The first-order chi connectivity index (χ1) is 7.59. The van der Waals surface area contributed by atoms with Crippen LogP contribution >= 0.6 is 0 Å². The van der Waals surface area contributed by atoms with Gasteiger partial charge in [0, 0.05) is 24.8 Å². The molecule has 1 saturated heterocycles. The topological polar surface area (TPSA) is 21.6 Å². The monoisotopic (exact) mass is 221 g/mol. The summed E-state index contributed by atoms with van der Waals surface area (Å²) >= 11 is 0. The van der Waals surface area contributed by atoms with Gasteiger partial charge in [-0.05, 0) is 30.3 Å². The zero-order valence-electron chi connectivity index (χ0n) is 10.7. The highest BCUT2D eigenvalue weighted by Crippen LogP contribution is 2.39. The van der Waals surface area contributed by atoms with Crippen LogP contribution in [0.5, 0.6) is 0 Å². The van der Waals surface area contributed by atoms with Crippen molar-refractivity contribution in [2.24, 2.45) is 22.2 Å². The van der Waals surface area contributed by atoms with Gasteiger partial charge in [-0.15, -0.1) is 0 Å². The number of rotatable bonds is 2. The minimum atomic E-state index is 0.301. The fraction of sp³-hybridized carbons (Fsp3) is 0.786. The van der Waals surface area contributed by atoms with Gasteiger partial charge < -0.3 is 4.74 Å². The highest BCUT2D eigenvalue weighted by Gasteiger charge is 2.36. The van der Waals surface area contributed by atoms with E-state index in [1.807, 2.05) is 0 Å². The van der Waals surface area contributed by atoms with Gasteiger partial charge in [-0.2, -0.15) is 0 Å². The van der Waals surface area contributed by atoms with Crippen molar-refractivity contribution in [3.63, 3.8) is 0 Å². The molecule has 0 radical (unpaired) electrons. The normalized spacial score (nSPS) is 24.6. The predicted octanol–water partition coefficient (Wildman–Crippen LogP) is 3.09. The number of hydrogen-bond acceptors (Lipinski definition) is 2. The summed E-state index contributed by atoms with van der Waals surface area (Å²) in [6.07, 6.45) is 6.78. The summed E-state index contributed by atoms with van der Waals surface area (Å²) in [7, 11) is 0. The summed E-state index contributed by atoms with van der Waals surface area (Å²) in [6, 6.07) is 0. The molecule has 0 aromatic heterocycles. The Balaban J connectivity index is 2.16. The maximum atomic E-state index is 5.47. The lowest BCUT2D eigenvalue weighted by molar-refractivity contribution is 0.0393. The third-order valence-corrected chi connectivity index (χ3v) is 3.66. The van der Waals surface area contributed by atoms with E-state index in [1.54, 1.807) is 0 Å². The van der Waals surface area contributed by atoms with Crippen LogP contribution < -0.4 is 0 Å². The Morgan fingerprint density at radius 2 is 2.00 bits per heavy atom. The molecule has 2 heterocycles. The van der Waals surface area contributed by atoms with Crippen LogP contribution in [0.15, 0.2) is 17.1 Å². The van der Waals surface area contributed by atoms with Crippen molar-refractivity contribution in [3.8, 4) is 0 Å². The number of hydrogen-bond donors (Lipinski definition) is 0. The Kier molecular flexibility index (Phi) is 3.48. The third kappa shape index (κ3) is 2.54. The van der Waals surface area contributed by atoms with Crippen molar-refractivity contribution in [1.82, 2.24) is 0 Å². The second-order valence-electron chi connectivity index (χ2n) is 5.96. The fourth-order valence-corrected chi connectivity index (χ4v) is 3.03. The summed E-state index contributed by atoms with van der Waals surface area (Å²) in [5, 5.41) is 0. The molecule has 2 rings (SSSR count). The molecule has 0 spiro atoms. The van der Waals surface area contributed by atoms with Crippen LogP contribution in [0.1, 0.15) is 33.6 Å². The Morgan fingerprint density at radius 1 is 1.31 bits per heavy atom. The van der Waals surface area contributed by atoms with Crippen molar-refractivity contribution >= 4 is 5.71 Å². The Labute approximate surface area is 98.8 Å². The highest BCUT2D eigenvalue weighted by molar-refractivity contribution is 5.99. The molecule has 0 aromatic carbocycles. The third-order valence-electron chi connectivity index (χ3n) is 3.66. The van der Waals surface area contributed by atoms with Crippen molar-refractivity contribution < 1.29 is 4.74 Å². The fourth-order valence-electron chi connectivity index (χ4n) is 3.03. The van der Waals surface area contributed by atoms with Crippen LogP contribution in [0.3, 0.4) is 0 Å². The maximum Gasteiger partial charge on any atom is 0.0577 e. The lowest BCUT2D eigenvalue weighted by atomic mass is 9.68. The van der Waals surface area contributed by atoms with E-state index < -0.39 is 0 Å². The van der Waals surface area contributed by atoms with Crippen molar-refractivity contribution in [2.75, 3.05) is 19.8 Å². The Bertz CT molecular complexity index is 292.